The predicted octanol–water partition coefficient (Wildman–Crippen LogP) is 2.17. The molecule has 7 heteroatoms. The molecule has 0 bridgehead atoms. The molecule has 0 unspecified atom stereocenters. The lowest BCUT2D eigenvalue weighted by Gasteiger charge is -2.07. The van der Waals surface area contributed by atoms with Crippen LogP contribution in [0.4, 0.5) is 4.79 Å². The Labute approximate surface area is 90.2 Å². The number of nitrogens with one attached hydrogen (secondary N) is 1. The van der Waals surface area contributed by atoms with E-state index in [0.717, 1.165) is 12.5 Å². The number of carbonyl (C=O) groups is 1. The molecule has 3 nitrogen and oxygen atoms in total. The van der Waals surface area contributed by atoms with Gasteiger partial charge in [-0.15, -0.1) is 0 Å². The van der Waals surface area contributed by atoms with Crippen LogP contribution in [0.3, 0.4) is 0 Å². The zero-order valence-corrected chi connectivity index (χ0v) is 11.5. The summed E-state index contributed by atoms with van der Waals surface area (Å²) >= 11 is 10.4. The Kier molecular flexibility index (Phi) is 6.02. The van der Waals surface area contributed by atoms with Crippen molar-refractivity contribution in [2.45, 2.75) is 12.5 Å². The van der Waals surface area contributed by atoms with Crippen LogP contribution < -0.4 is 11.1 Å². The Balaban J connectivity index is 3.22. The Morgan fingerprint density at radius 3 is 2.36 bits per heavy atom. The maximum absolute atomic E-state index is 10.2. The number of primary amides is 1. The fourth-order valence-corrected chi connectivity index (χ4v) is 3.60. The van der Waals surface area contributed by atoms with Gasteiger partial charge in [-0.1, -0.05) is 45.9 Å². The van der Waals surface area contributed by atoms with Gasteiger partial charge in [0, 0.05) is 6.54 Å². The zero-order valence-electron chi connectivity index (χ0n) is 5.74. The van der Waals surface area contributed by atoms with Crippen LogP contribution >= 0.6 is 45.9 Å². The number of urea groups is 1. The first kappa shape index (κ1) is 11.9. The number of hydrogen-bond acceptors (Lipinski definition) is 1. The van der Waals surface area contributed by atoms with Crippen molar-refractivity contribution in [3.05, 3.63) is 0 Å². The van der Waals surface area contributed by atoms with Crippen molar-refractivity contribution in [2.24, 2.45) is 5.73 Å². The molecule has 3 N–H and O–H groups in total. The van der Waals surface area contributed by atoms with E-state index in [9.17, 15) is 4.79 Å². The first-order valence-electron chi connectivity index (χ1n) is 3.02. The zero-order chi connectivity index (χ0) is 8.91. The minimum atomic E-state index is -1.48. The Hall–Kier alpha value is 0.927. The van der Waals surface area contributed by atoms with Gasteiger partial charge in [-0.05, 0) is 12.5 Å². The summed E-state index contributed by atoms with van der Waals surface area (Å²) in [6.45, 7) is 0.632. The largest absolute Gasteiger partial charge is 0.352 e. The summed E-state index contributed by atoms with van der Waals surface area (Å²) in [7, 11) is 0. The molecule has 0 aliphatic carbocycles. The van der Waals surface area contributed by atoms with Crippen molar-refractivity contribution in [1.82, 2.24) is 5.32 Å². The first-order valence-corrected chi connectivity index (χ1v) is 12.0. The standard InChI is InChI=1S/C4H9Br3N2OSi/c5-11(6,7)3-1-2-9-4(8)10/h1-3H2,(H3,8,9,10). The van der Waals surface area contributed by atoms with Crippen LogP contribution in [-0.4, -0.2) is 16.5 Å². The van der Waals surface area contributed by atoms with Gasteiger partial charge >= 0.3 is 6.03 Å². The maximum atomic E-state index is 10.2. The monoisotopic (exact) mass is 366 g/mol. The molecule has 0 aliphatic rings. The van der Waals surface area contributed by atoms with Crippen molar-refractivity contribution in [1.29, 1.82) is 0 Å². The molecule has 0 fully saturated rings. The fourth-order valence-electron chi connectivity index (χ4n) is 0.500. The van der Waals surface area contributed by atoms with Crippen LogP contribution in [0.1, 0.15) is 6.42 Å². The highest BCUT2D eigenvalue weighted by Crippen LogP contribution is 2.32. The van der Waals surface area contributed by atoms with Crippen LogP contribution in [-0.2, 0) is 0 Å². The quantitative estimate of drug-likeness (QED) is 0.446. The molecule has 0 radical (unpaired) electrons. The summed E-state index contributed by atoms with van der Waals surface area (Å²) in [4.78, 5) is 10.2. The fraction of sp³-hybridized carbons (Fsp3) is 0.750. The molecule has 0 heterocycles. The molecule has 0 aliphatic heterocycles. The molecular weight excluding hydrogens is 360 g/mol. The lowest BCUT2D eigenvalue weighted by molar-refractivity contribution is 0.249. The average Bonchev–Trinajstić information content (AvgIpc) is 1.78. The Morgan fingerprint density at radius 2 is 2.00 bits per heavy atom. The van der Waals surface area contributed by atoms with Crippen molar-refractivity contribution in [3.63, 3.8) is 0 Å². The summed E-state index contributed by atoms with van der Waals surface area (Å²) in [5, 5.41) is 2.52. The second-order valence-electron chi connectivity index (χ2n) is 2.01. The molecule has 0 aromatic rings. The predicted molar refractivity (Wildman–Crippen MR) is 59.5 cm³/mol. The molecule has 0 atom stereocenters. The van der Waals surface area contributed by atoms with Crippen LogP contribution in [0.2, 0.25) is 6.04 Å². The van der Waals surface area contributed by atoms with Gasteiger partial charge in [0.25, 0.3) is 3.93 Å². The third-order valence-corrected chi connectivity index (χ3v) is 5.43. The van der Waals surface area contributed by atoms with Gasteiger partial charge in [-0.25, -0.2) is 4.79 Å². The minimum Gasteiger partial charge on any atom is -0.352 e. The highest BCUT2D eigenvalue weighted by atomic mass is 80.0. The van der Waals surface area contributed by atoms with Gasteiger partial charge in [0.15, 0.2) is 0 Å². The third kappa shape index (κ3) is 10.9. The summed E-state index contributed by atoms with van der Waals surface area (Å²) < 4.78 is -1.48. The highest BCUT2D eigenvalue weighted by molar-refractivity contribution is 9.72. The van der Waals surface area contributed by atoms with E-state index in [1.54, 1.807) is 0 Å². The van der Waals surface area contributed by atoms with Gasteiger partial charge in [0.2, 0.25) is 0 Å². The maximum Gasteiger partial charge on any atom is 0.312 e. The van der Waals surface area contributed by atoms with E-state index >= 15 is 0 Å². The van der Waals surface area contributed by atoms with E-state index in [-0.39, 0.29) is 0 Å². The van der Waals surface area contributed by atoms with E-state index in [0.29, 0.717) is 6.54 Å². The van der Waals surface area contributed by atoms with Crippen LogP contribution in [0.15, 0.2) is 0 Å². The molecular formula is C4H9Br3N2OSi. The van der Waals surface area contributed by atoms with E-state index in [2.05, 4.69) is 51.2 Å². The topological polar surface area (TPSA) is 55.1 Å². The molecule has 2 amide bonds. The molecule has 0 saturated heterocycles. The second kappa shape index (κ2) is 5.55. The lowest BCUT2D eigenvalue weighted by Crippen LogP contribution is -2.30. The van der Waals surface area contributed by atoms with Crippen molar-refractivity contribution in [3.8, 4) is 0 Å². The SMILES string of the molecule is NC(=O)NCCC[Si](Br)(Br)Br. The second-order valence-corrected chi connectivity index (χ2v) is 25.5. The molecule has 11 heavy (non-hydrogen) atoms. The van der Waals surface area contributed by atoms with Crippen molar-refractivity contribution in [2.75, 3.05) is 6.54 Å². The molecule has 0 spiro atoms. The number of hydrogen-bond donors (Lipinski definition) is 2. The summed E-state index contributed by atoms with van der Waals surface area (Å²) in [5.41, 5.74) is 4.87. The summed E-state index contributed by atoms with van der Waals surface area (Å²) in [6.07, 6.45) is 0.914. The lowest BCUT2D eigenvalue weighted by atomic mass is 10.5. The molecule has 0 aromatic heterocycles. The van der Waals surface area contributed by atoms with Gasteiger partial charge in [0.1, 0.15) is 0 Å². The van der Waals surface area contributed by atoms with Gasteiger partial charge in [-0.3, -0.25) is 0 Å². The average molecular weight is 369 g/mol. The number of rotatable bonds is 4. The number of amides is 2. The van der Waals surface area contributed by atoms with Gasteiger partial charge in [0.05, 0.1) is 0 Å². The summed E-state index contributed by atoms with van der Waals surface area (Å²) in [5.74, 6) is 0. The molecule has 0 rings (SSSR count). The van der Waals surface area contributed by atoms with E-state index in [1.807, 2.05) is 0 Å². The van der Waals surface area contributed by atoms with Crippen LogP contribution in [0, 0.1) is 0 Å². The van der Waals surface area contributed by atoms with E-state index < -0.39 is 9.96 Å². The number of nitrogens with two attached hydrogens (primary N) is 1. The van der Waals surface area contributed by atoms with E-state index in [4.69, 9.17) is 5.73 Å². The molecule has 0 saturated carbocycles. The van der Waals surface area contributed by atoms with Crippen molar-refractivity contribution >= 4 is 55.8 Å². The smallest absolute Gasteiger partial charge is 0.312 e. The molecule has 0 aromatic carbocycles. The van der Waals surface area contributed by atoms with E-state index in [1.165, 1.54) is 0 Å². The van der Waals surface area contributed by atoms with Crippen LogP contribution in [0.5, 0.6) is 0 Å². The Bertz CT molecular complexity index is 138. The van der Waals surface area contributed by atoms with Gasteiger partial charge < -0.3 is 11.1 Å². The summed E-state index contributed by atoms with van der Waals surface area (Å²) in [6, 6.07) is 0.531. The van der Waals surface area contributed by atoms with Crippen molar-refractivity contribution < 1.29 is 4.79 Å². The number of halogens is 3. The minimum absolute atomic E-state index is 0.462. The van der Waals surface area contributed by atoms with Gasteiger partial charge in [-0.2, -0.15) is 0 Å². The first-order chi connectivity index (χ1) is 4.92. The highest BCUT2D eigenvalue weighted by Gasteiger charge is 2.20. The Morgan fingerprint density at radius 1 is 1.45 bits per heavy atom. The normalized spacial score (nSPS) is 11.2. The van der Waals surface area contributed by atoms with Crippen LogP contribution in [0.25, 0.3) is 0 Å². The number of carbonyl (C=O) groups excluding carboxylic acids is 1. The molecule has 66 valence electrons. The third-order valence-electron chi connectivity index (χ3n) is 0.936.